The van der Waals surface area contributed by atoms with Crippen molar-refractivity contribution in [1.82, 2.24) is 25.2 Å². The molecule has 2 amide bonds. The molecular formula is C30H41FN6O4Si. The molecule has 0 unspecified atom stereocenters. The number of hydrogen-bond acceptors (Lipinski definition) is 7. The van der Waals surface area contributed by atoms with Gasteiger partial charge in [0.15, 0.2) is 0 Å². The second kappa shape index (κ2) is 12.1. The minimum absolute atomic E-state index is 0.0161. The Morgan fingerprint density at radius 3 is 2.38 bits per heavy atom. The lowest BCUT2D eigenvalue weighted by Gasteiger charge is -2.27. The summed E-state index contributed by atoms with van der Waals surface area (Å²) in [6.45, 7) is 13.2. The van der Waals surface area contributed by atoms with Crippen LogP contribution in [0.3, 0.4) is 0 Å². The zero-order valence-corrected chi connectivity index (χ0v) is 26.3. The van der Waals surface area contributed by atoms with Crippen LogP contribution in [0, 0.1) is 44.5 Å². The Balaban J connectivity index is 1.31. The summed E-state index contributed by atoms with van der Waals surface area (Å²) < 4.78 is 28.0. The first-order valence-corrected chi connectivity index (χ1v) is 18.4. The van der Waals surface area contributed by atoms with Gasteiger partial charge in [-0.25, -0.2) is 9.67 Å². The Hall–Kier alpha value is -3.38. The minimum Gasteiger partial charge on any atom is -0.364 e. The molecular weight excluding hydrogens is 555 g/mol. The summed E-state index contributed by atoms with van der Waals surface area (Å²) in [6, 6.07) is 3.47. The van der Waals surface area contributed by atoms with E-state index in [4.69, 9.17) is 9.26 Å². The van der Waals surface area contributed by atoms with Gasteiger partial charge in [0.1, 0.15) is 30.4 Å². The maximum absolute atomic E-state index is 15.5. The number of nitrogens with one attached hydrogen (secondary N) is 2. The van der Waals surface area contributed by atoms with E-state index in [1.165, 1.54) is 6.26 Å². The average Bonchev–Trinajstić information content (AvgIpc) is 3.85. The second-order valence-corrected chi connectivity index (χ2v) is 18.6. The number of rotatable bonds is 13. The smallest absolute Gasteiger partial charge is 0.257 e. The number of halogens is 1. The van der Waals surface area contributed by atoms with Crippen molar-refractivity contribution in [3.63, 3.8) is 0 Å². The monoisotopic (exact) mass is 596 g/mol. The standard InChI is InChI=1S/C30H41FN6O4Si/c1-17-23(15-41-36-17)29(38)34-27(26(20-7-8-20)21-9-10-21)30(39)33-24-12-11-22(28(31)32-24)25-18(2)35-37(19(25)3)16-40-13-14-42(4,5)6/h11-12,15,20-21,26-27H,7-10,13-14,16H2,1-6H3,(H,34,38)(H,32,33,39)/t27-/m0/s1. The third-order valence-electron chi connectivity index (χ3n) is 8.24. The van der Waals surface area contributed by atoms with Crippen LogP contribution in [0.4, 0.5) is 10.2 Å². The molecule has 0 saturated heterocycles. The number of carbonyl (C=O) groups excluding carboxylic acids is 2. The lowest BCUT2D eigenvalue weighted by molar-refractivity contribution is -0.119. The first-order valence-electron chi connectivity index (χ1n) is 14.7. The topological polar surface area (TPSA) is 124 Å². The van der Waals surface area contributed by atoms with E-state index in [1.807, 2.05) is 13.8 Å². The van der Waals surface area contributed by atoms with Gasteiger partial charge < -0.3 is 19.9 Å². The molecule has 3 aromatic rings. The first kappa shape index (κ1) is 30.1. The number of carbonyl (C=O) groups is 2. The van der Waals surface area contributed by atoms with E-state index in [0.717, 1.165) is 37.4 Å². The third kappa shape index (κ3) is 6.97. The molecule has 5 rings (SSSR count). The summed E-state index contributed by atoms with van der Waals surface area (Å²) >= 11 is 0. The van der Waals surface area contributed by atoms with Gasteiger partial charge in [-0.05, 0) is 82.4 Å². The normalized spacial score (nSPS) is 16.1. The predicted molar refractivity (Wildman–Crippen MR) is 159 cm³/mol. The molecule has 2 aliphatic carbocycles. The van der Waals surface area contributed by atoms with E-state index < -0.39 is 31.9 Å². The van der Waals surface area contributed by atoms with Gasteiger partial charge in [-0.1, -0.05) is 24.8 Å². The molecule has 0 aliphatic heterocycles. The number of hydrogen-bond donors (Lipinski definition) is 2. The zero-order chi connectivity index (χ0) is 30.2. The molecule has 2 aliphatic rings. The summed E-state index contributed by atoms with van der Waals surface area (Å²) in [7, 11) is -1.20. The lowest BCUT2D eigenvalue weighted by Crippen LogP contribution is -2.50. The summed E-state index contributed by atoms with van der Waals surface area (Å²) in [5, 5.41) is 14.0. The number of aryl methyl sites for hydroxylation is 2. The molecule has 12 heteroatoms. The minimum atomic E-state index is -1.20. The SMILES string of the molecule is Cc1nocc1C(=O)N[C@H](C(=O)Nc1ccc(-c2c(C)nn(COCC[Si](C)(C)C)c2C)c(F)n1)C(C1CC1)C1CC1. The fraction of sp³-hybridized carbons (Fsp3) is 0.567. The Bertz CT molecular complexity index is 1440. The number of ether oxygens (including phenoxy) is 1. The number of pyridine rings is 1. The van der Waals surface area contributed by atoms with Crippen molar-refractivity contribution in [2.24, 2.45) is 17.8 Å². The van der Waals surface area contributed by atoms with Crippen LogP contribution in [0.15, 0.2) is 22.9 Å². The van der Waals surface area contributed by atoms with E-state index >= 15 is 4.39 Å². The van der Waals surface area contributed by atoms with Crippen LogP contribution >= 0.6 is 0 Å². The molecule has 0 radical (unpaired) electrons. The van der Waals surface area contributed by atoms with Gasteiger partial charge >= 0.3 is 0 Å². The first-order chi connectivity index (χ1) is 19.9. The highest BCUT2D eigenvalue weighted by Gasteiger charge is 2.48. The van der Waals surface area contributed by atoms with Crippen molar-refractivity contribution in [2.45, 2.75) is 84.9 Å². The van der Waals surface area contributed by atoms with Crippen LogP contribution < -0.4 is 10.6 Å². The van der Waals surface area contributed by atoms with E-state index in [9.17, 15) is 9.59 Å². The second-order valence-electron chi connectivity index (χ2n) is 12.9. The van der Waals surface area contributed by atoms with Crippen LogP contribution in [-0.4, -0.2) is 52.5 Å². The molecule has 2 saturated carbocycles. The summed E-state index contributed by atoms with van der Waals surface area (Å²) in [5.74, 6) is -0.664. The number of aromatic nitrogens is 4. The Morgan fingerprint density at radius 1 is 1.12 bits per heavy atom. The number of anilines is 1. The van der Waals surface area contributed by atoms with E-state index in [-0.39, 0.29) is 11.7 Å². The van der Waals surface area contributed by atoms with Crippen LogP contribution in [0.2, 0.25) is 25.7 Å². The number of amides is 2. The van der Waals surface area contributed by atoms with Gasteiger partial charge in [0.25, 0.3) is 5.91 Å². The van der Waals surface area contributed by atoms with Gasteiger partial charge in [0.2, 0.25) is 11.9 Å². The Morgan fingerprint density at radius 2 is 1.81 bits per heavy atom. The van der Waals surface area contributed by atoms with Gasteiger partial charge in [0.05, 0.1) is 11.4 Å². The van der Waals surface area contributed by atoms with Gasteiger partial charge in [0, 0.05) is 31.5 Å². The van der Waals surface area contributed by atoms with Crippen LogP contribution in [-0.2, 0) is 16.3 Å². The van der Waals surface area contributed by atoms with Crippen LogP contribution in [0.1, 0.15) is 53.1 Å². The fourth-order valence-electron chi connectivity index (χ4n) is 5.59. The molecule has 0 spiro atoms. The van der Waals surface area contributed by atoms with Crippen LogP contribution in [0.5, 0.6) is 0 Å². The maximum atomic E-state index is 15.5. The molecule has 226 valence electrons. The van der Waals surface area contributed by atoms with Crippen molar-refractivity contribution in [2.75, 3.05) is 11.9 Å². The van der Waals surface area contributed by atoms with Crippen molar-refractivity contribution in [3.8, 4) is 11.1 Å². The lowest BCUT2D eigenvalue weighted by atomic mass is 9.88. The molecule has 0 aromatic carbocycles. The maximum Gasteiger partial charge on any atom is 0.257 e. The summed E-state index contributed by atoms with van der Waals surface area (Å²) in [5.41, 5.74) is 3.15. The third-order valence-corrected chi connectivity index (χ3v) is 9.95. The van der Waals surface area contributed by atoms with E-state index in [1.54, 1.807) is 23.7 Å². The number of nitrogens with zero attached hydrogens (tertiary/aromatic N) is 4. The molecule has 3 aromatic heterocycles. The van der Waals surface area contributed by atoms with Crippen LogP contribution in [0.25, 0.3) is 11.1 Å². The molecule has 1 atom stereocenters. The Kier molecular flexibility index (Phi) is 8.65. The fourth-order valence-corrected chi connectivity index (χ4v) is 6.35. The quantitative estimate of drug-likeness (QED) is 0.152. The van der Waals surface area contributed by atoms with Gasteiger partial charge in [-0.3, -0.25) is 9.59 Å². The summed E-state index contributed by atoms with van der Waals surface area (Å²) in [6.07, 6.45) is 5.41. The van der Waals surface area contributed by atoms with Crippen molar-refractivity contribution in [3.05, 3.63) is 47.0 Å². The highest BCUT2D eigenvalue weighted by Crippen LogP contribution is 2.51. The molecule has 0 bridgehead atoms. The van der Waals surface area contributed by atoms with Gasteiger partial charge in [-0.2, -0.15) is 9.49 Å². The molecule has 42 heavy (non-hydrogen) atoms. The van der Waals surface area contributed by atoms with Crippen molar-refractivity contribution in [1.29, 1.82) is 0 Å². The highest BCUT2D eigenvalue weighted by atomic mass is 28.3. The van der Waals surface area contributed by atoms with E-state index in [0.29, 0.717) is 53.3 Å². The zero-order valence-electron chi connectivity index (χ0n) is 25.3. The highest BCUT2D eigenvalue weighted by molar-refractivity contribution is 6.76. The van der Waals surface area contributed by atoms with Gasteiger partial charge in [-0.15, -0.1) is 0 Å². The summed E-state index contributed by atoms with van der Waals surface area (Å²) in [4.78, 5) is 30.8. The molecule has 10 nitrogen and oxygen atoms in total. The molecule has 3 heterocycles. The predicted octanol–water partition coefficient (Wildman–Crippen LogP) is 5.48. The Labute approximate surface area is 246 Å². The van der Waals surface area contributed by atoms with Crippen molar-refractivity contribution >= 4 is 25.7 Å². The molecule has 2 N–H and O–H groups in total. The van der Waals surface area contributed by atoms with E-state index in [2.05, 4.69) is 45.5 Å². The average molecular weight is 597 g/mol. The van der Waals surface area contributed by atoms with Crippen molar-refractivity contribution < 1.29 is 23.2 Å². The molecule has 2 fully saturated rings. The largest absolute Gasteiger partial charge is 0.364 e.